The highest BCUT2D eigenvalue weighted by atomic mass is 14.9. The van der Waals surface area contributed by atoms with E-state index in [-0.39, 0.29) is 21.7 Å². The molecule has 2 aromatic heterocycles. The van der Waals surface area contributed by atoms with E-state index < -0.39 is 0 Å². The third kappa shape index (κ3) is 17.3. The molecule has 0 saturated carbocycles. The summed E-state index contributed by atoms with van der Waals surface area (Å²) in [6.07, 6.45) is 0. The average Bonchev–Trinajstić information content (AvgIpc) is 1.60. The fourth-order valence-corrected chi connectivity index (χ4v) is 20.4. The molecule has 0 N–H and O–H groups in total. The van der Waals surface area contributed by atoms with Crippen LogP contribution in [0.1, 0.15) is 156 Å². The Balaban J connectivity index is 0.000000106. The Morgan fingerprint density at radius 1 is 0.172 bits per heavy atom. The van der Waals surface area contributed by atoms with Crippen molar-refractivity contribution in [3.05, 3.63) is 476 Å². The lowest BCUT2D eigenvalue weighted by molar-refractivity contribution is 0.655. The van der Waals surface area contributed by atoms with E-state index in [1.807, 2.05) is 0 Å². The molecule has 2 heteroatoms. The monoisotopic (exact) mass is 1660 g/mol. The fourth-order valence-electron chi connectivity index (χ4n) is 20.4. The average molecular weight is 1660 g/mol. The van der Waals surface area contributed by atoms with Gasteiger partial charge in [-0.05, 0) is 243 Å². The summed E-state index contributed by atoms with van der Waals surface area (Å²) in [5, 5.41) is 13.4. The van der Waals surface area contributed by atoms with E-state index in [9.17, 15) is 0 Å². The molecule has 0 saturated heterocycles. The largest absolute Gasteiger partial charge is 0.344 e. The van der Waals surface area contributed by atoms with Crippen LogP contribution in [-0.4, -0.2) is 9.13 Å². The summed E-state index contributed by atoms with van der Waals surface area (Å²) in [5.41, 5.74) is 42.3. The number of para-hydroxylation sites is 2. The molecule has 128 heavy (non-hydrogen) atoms. The van der Waals surface area contributed by atoms with Gasteiger partial charge in [-0.3, -0.25) is 0 Å². The third-order valence-electron chi connectivity index (χ3n) is 27.3. The Morgan fingerprint density at radius 2 is 0.508 bits per heavy atom. The summed E-state index contributed by atoms with van der Waals surface area (Å²) < 4.78 is 4.52. The highest BCUT2D eigenvalue weighted by molar-refractivity contribution is 6.09. The van der Waals surface area contributed by atoms with Gasteiger partial charge < -0.3 is 9.13 Å². The van der Waals surface area contributed by atoms with E-state index >= 15 is 0 Å². The zero-order chi connectivity index (χ0) is 90.1. The topological polar surface area (TPSA) is 9.86 Å². The zero-order valence-corrected chi connectivity index (χ0v) is 78.7. The van der Waals surface area contributed by atoms with Gasteiger partial charge in [-0.1, -0.05) is 435 Å². The van der Waals surface area contributed by atoms with Gasteiger partial charge in [0.1, 0.15) is 0 Å². The summed E-state index contributed by atoms with van der Waals surface area (Å²) in [6, 6.07) is 135. The Bertz CT molecular complexity index is 7450. The van der Waals surface area contributed by atoms with Crippen molar-refractivity contribution in [3.8, 4) is 44.5 Å². The number of fused-ring (bicyclic) bond motifs is 21. The van der Waals surface area contributed by atoms with Crippen LogP contribution in [0, 0.1) is 69.2 Å². The van der Waals surface area contributed by atoms with Gasteiger partial charge in [0.2, 0.25) is 0 Å². The summed E-state index contributed by atoms with van der Waals surface area (Å²) in [6.45, 7) is 40.1. The molecule has 4 aliphatic carbocycles. The standard InChI is InChI=1S/4C16H16.2C14H13N.C12H12.2C11H10/c1-11-7-6-9-13-12-8-4-5-10-14(12)16(2,3)15(11)13;1-11-7-6-10-14-15(11)12-8-4-5-9-13(12)16(14,2)3;1-11-8-9-15-13(10-11)12-6-4-5-7-14(12)16(15,2)3;1-11-8-9-13-12-6-4-5-7-14(12)16(2,3)15(13)10-11;1-10-7-8-14-12(9-10)11-5-3-4-6-13(11)15(14)2;1-10-7-8-12-11-5-3-4-6-13(11)15(2)14(12)9-10;1-9-3-5-12-8-10(2)4-6-11(12)7-9;1-9-5-4-7-10-6-2-3-8-11(9)10;1-9-6-7-10-4-2-3-5-11(10)8-9/h4*4-10H,1-3H3;2*3-9H,1-2H3;3-8H,1-2H3;2*2-8H,1H3. The van der Waals surface area contributed by atoms with Crippen molar-refractivity contribution in [3.63, 3.8) is 0 Å². The molecule has 0 amide bonds. The van der Waals surface area contributed by atoms with Crippen LogP contribution in [-0.2, 0) is 35.8 Å². The quantitative estimate of drug-likeness (QED) is 0.143. The van der Waals surface area contributed by atoms with E-state index in [1.165, 1.54) is 221 Å². The number of aromatic nitrogens is 2. The van der Waals surface area contributed by atoms with E-state index in [1.54, 1.807) is 0 Å². The first kappa shape index (κ1) is 87.8. The molecular weight excluding hydrogens is 1540 g/mol. The maximum atomic E-state index is 2.33. The second-order valence-electron chi connectivity index (χ2n) is 38.0. The Kier molecular flexibility index (Phi) is 24.9. The van der Waals surface area contributed by atoms with Crippen molar-refractivity contribution in [2.75, 3.05) is 0 Å². The van der Waals surface area contributed by atoms with Crippen LogP contribution in [0.3, 0.4) is 0 Å². The van der Waals surface area contributed by atoms with Crippen LogP contribution in [0.15, 0.2) is 376 Å². The molecule has 0 spiro atoms. The van der Waals surface area contributed by atoms with Crippen molar-refractivity contribution >= 4 is 75.9 Å². The summed E-state index contributed by atoms with van der Waals surface area (Å²) in [5.74, 6) is 0. The van der Waals surface area contributed by atoms with E-state index in [0.29, 0.717) is 0 Å². The van der Waals surface area contributed by atoms with Crippen LogP contribution in [0.4, 0.5) is 0 Å². The van der Waals surface area contributed by atoms with Gasteiger partial charge in [-0.25, -0.2) is 0 Å². The van der Waals surface area contributed by atoms with Gasteiger partial charge in [0.15, 0.2) is 0 Å². The van der Waals surface area contributed by atoms with Crippen LogP contribution in [0.25, 0.3) is 120 Å². The molecule has 0 radical (unpaired) electrons. The van der Waals surface area contributed by atoms with Crippen LogP contribution >= 0.6 is 0 Å². The van der Waals surface area contributed by atoms with E-state index in [2.05, 4.69) is 524 Å². The Labute approximate surface area is 761 Å². The van der Waals surface area contributed by atoms with Gasteiger partial charge in [-0.15, -0.1) is 0 Å². The molecule has 0 unspecified atom stereocenters. The van der Waals surface area contributed by atoms with Crippen molar-refractivity contribution in [2.45, 2.75) is 146 Å². The molecule has 2 nitrogen and oxygen atoms in total. The number of benzene rings is 18. The Hall–Kier alpha value is -13.7. The van der Waals surface area contributed by atoms with Gasteiger partial charge >= 0.3 is 0 Å². The first-order valence-corrected chi connectivity index (χ1v) is 45.6. The summed E-state index contributed by atoms with van der Waals surface area (Å²) in [4.78, 5) is 0. The number of rotatable bonds is 0. The number of hydrogen-bond acceptors (Lipinski definition) is 0. The van der Waals surface area contributed by atoms with Crippen LogP contribution in [0.2, 0.25) is 0 Å². The lowest BCUT2D eigenvalue weighted by Gasteiger charge is -2.23. The molecule has 20 aromatic rings. The smallest absolute Gasteiger partial charge is 0.0491 e. The minimum absolute atomic E-state index is 0.150. The van der Waals surface area contributed by atoms with Crippen molar-refractivity contribution in [2.24, 2.45) is 14.1 Å². The lowest BCUT2D eigenvalue weighted by Crippen LogP contribution is -2.16. The fraction of sp³-hybridized carbons (Fsp3) is 0.190. The van der Waals surface area contributed by atoms with Gasteiger partial charge in [-0.2, -0.15) is 0 Å². The maximum Gasteiger partial charge on any atom is 0.0491 e. The maximum absolute atomic E-state index is 2.33. The Morgan fingerprint density at radius 3 is 1.12 bits per heavy atom. The molecule has 2 heterocycles. The summed E-state index contributed by atoms with van der Waals surface area (Å²) >= 11 is 0. The van der Waals surface area contributed by atoms with E-state index in [0.717, 1.165) is 0 Å². The first-order valence-electron chi connectivity index (χ1n) is 45.6. The van der Waals surface area contributed by atoms with E-state index in [4.69, 9.17) is 0 Å². The second kappa shape index (κ2) is 36.4. The minimum atomic E-state index is 0.150. The van der Waals surface area contributed by atoms with Gasteiger partial charge in [0.05, 0.1) is 0 Å². The molecule has 24 rings (SSSR count). The molecular formula is C126H122N2. The summed E-state index contributed by atoms with van der Waals surface area (Å²) in [7, 11) is 4.25. The molecule has 0 fully saturated rings. The van der Waals surface area contributed by atoms with Crippen molar-refractivity contribution < 1.29 is 0 Å². The van der Waals surface area contributed by atoms with Gasteiger partial charge in [0.25, 0.3) is 0 Å². The zero-order valence-electron chi connectivity index (χ0n) is 78.7. The third-order valence-corrected chi connectivity index (χ3v) is 27.3. The molecule has 636 valence electrons. The number of hydrogen-bond donors (Lipinski definition) is 0. The van der Waals surface area contributed by atoms with Crippen molar-refractivity contribution in [1.29, 1.82) is 0 Å². The highest BCUT2D eigenvalue weighted by Gasteiger charge is 2.39. The normalized spacial score (nSPS) is 13.2. The predicted octanol–water partition coefficient (Wildman–Crippen LogP) is 34.2. The molecule has 4 aliphatic rings. The molecule has 0 bridgehead atoms. The first-order chi connectivity index (χ1) is 61.5. The molecule has 0 atom stereocenters. The highest BCUT2D eigenvalue weighted by Crippen LogP contribution is 2.53. The molecule has 18 aromatic carbocycles. The van der Waals surface area contributed by atoms with Crippen molar-refractivity contribution in [1.82, 2.24) is 9.13 Å². The number of aryl methyl sites for hydroxylation is 12. The number of nitrogens with zero attached hydrogens (tertiary/aromatic N) is 2. The van der Waals surface area contributed by atoms with Crippen LogP contribution < -0.4 is 0 Å². The predicted molar refractivity (Wildman–Crippen MR) is 556 cm³/mol. The second-order valence-corrected chi connectivity index (χ2v) is 38.0. The minimum Gasteiger partial charge on any atom is -0.344 e. The van der Waals surface area contributed by atoms with Crippen LogP contribution in [0.5, 0.6) is 0 Å². The van der Waals surface area contributed by atoms with Gasteiger partial charge in [0, 0.05) is 79.4 Å². The SMILES string of the molecule is Cc1ccc2c(c1)-c1ccccc1C2(C)C.Cc1ccc2c(c1)C(C)(C)c1ccccc1-2.Cc1ccc2c(c1)c1ccccc1n2C.Cc1ccc2c3ccccc3n(C)c2c1.Cc1ccc2cc(C)ccc2c1.Cc1ccc2ccccc2c1.Cc1cccc2c1-c1ccccc1C2(C)C.Cc1cccc2c1C(C)(C)c1ccccc1-2.Cc1cccc2ccccc12. The molecule has 0 aliphatic heterocycles. The lowest BCUT2D eigenvalue weighted by atomic mass is 9.80.